The fourth-order valence-corrected chi connectivity index (χ4v) is 3.08. The SMILES string of the molecule is CC1(C)CNCCN1Cc1cc(Cl)c2c(c1)OCCO2. The van der Waals surface area contributed by atoms with Gasteiger partial charge in [-0.1, -0.05) is 11.6 Å². The Balaban J connectivity index is 1.82. The summed E-state index contributed by atoms with van der Waals surface area (Å²) in [7, 11) is 0. The van der Waals surface area contributed by atoms with Crippen molar-refractivity contribution in [3.8, 4) is 11.5 Å². The minimum Gasteiger partial charge on any atom is -0.486 e. The average molecular weight is 297 g/mol. The monoisotopic (exact) mass is 296 g/mol. The predicted octanol–water partition coefficient (Wildman–Crippen LogP) is 2.29. The van der Waals surface area contributed by atoms with Crippen LogP contribution in [0.1, 0.15) is 19.4 Å². The lowest BCUT2D eigenvalue weighted by molar-refractivity contribution is 0.0825. The molecule has 0 atom stereocenters. The van der Waals surface area contributed by atoms with Crippen molar-refractivity contribution in [1.82, 2.24) is 10.2 Å². The van der Waals surface area contributed by atoms with Crippen LogP contribution in [0.2, 0.25) is 5.02 Å². The van der Waals surface area contributed by atoms with Crippen LogP contribution in [0.3, 0.4) is 0 Å². The van der Waals surface area contributed by atoms with Crippen LogP contribution >= 0.6 is 11.6 Å². The summed E-state index contributed by atoms with van der Waals surface area (Å²) in [4.78, 5) is 2.48. The van der Waals surface area contributed by atoms with E-state index in [0.29, 0.717) is 24.0 Å². The molecule has 110 valence electrons. The van der Waals surface area contributed by atoms with Gasteiger partial charge in [-0.3, -0.25) is 4.90 Å². The van der Waals surface area contributed by atoms with Gasteiger partial charge in [0.1, 0.15) is 13.2 Å². The van der Waals surface area contributed by atoms with Gasteiger partial charge in [-0.2, -0.15) is 0 Å². The first kappa shape index (κ1) is 14.0. The van der Waals surface area contributed by atoms with Crippen LogP contribution in [0.25, 0.3) is 0 Å². The normalized spacial score (nSPS) is 21.8. The lowest BCUT2D eigenvalue weighted by atomic mass is 9.99. The minimum atomic E-state index is 0.151. The zero-order valence-electron chi connectivity index (χ0n) is 12.0. The van der Waals surface area contributed by atoms with E-state index in [2.05, 4.69) is 30.1 Å². The van der Waals surface area contributed by atoms with Gasteiger partial charge in [0.2, 0.25) is 0 Å². The summed E-state index contributed by atoms with van der Waals surface area (Å²) in [6, 6.07) is 4.05. The van der Waals surface area contributed by atoms with E-state index >= 15 is 0 Å². The summed E-state index contributed by atoms with van der Waals surface area (Å²) >= 11 is 6.30. The van der Waals surface area contributed by atoms with E-state index in [4.69, 9.17) is 21.1 Å². The number of nitrogens with zero attached hydrogens (tertiary/aromatic N) is 1. The third kappa shape index (κ3) is 2.73. The van der Waals surface area contributed by atoms with Gasteiger partial charge in [0.25, 0.3) is 0 Å². The van der Waals surface area contributed by atoms with Gasteiger partial charge in [0.15, 0.2) is 11.5 Å². The maximum Gasteiger partial charge on any atom is 0.179 e. The molecule has 0 bridgehead atoms. The van der Waals surface area contributed by atoms with E-state index in [1.165, 1.54) is 5.56 Å². The van der Waals surface area contributed by atoms with Crippen LogP contribution in [0.5, 0.6) is 11.5 Å². The molecule has 1 fully saturated rings. The molecule has 0 radical (unpaired) electrons. The molecule has 1 aromatic carbocycles. The molecule has 1 N–H and O–H groups in total. The molecule has 5 heteroatoms. The van der Waals surface area contributed by atoms with Gasteiger partial charge in [-0.25, -0.2) is 0 Å². The van der Waals surface area contributed by atoms with Crippen molar-refractivity contribution in [3.05, 3.63) is 22.7 Å². The smallest absolute Gasteiger partial charge is 0.179 e. The van der Waals surface area contributed by atoms with E-state index in [1.54, 1.807) is 0 Å². The molecule has 0 saturated carbocycles. The number of benzene rings is 1. The Labute approximate surface area is 125 Å². The van der Waals surface area contributed by atoms with Crippen LogP contribution in [0.15, 0.2) is 12.1 Å². The van der Waals surface area contributed by atoms with E-state index in [0.717, 1.165) is 31.9 Å². The van der Waals surface area contributed by atoms with Crippen LogP contribution in [0, 0.1) is 0 Å². The van der Waals surface area contributed by atoms with E-state index in [-0.39, 0.29) is 5.54 Å². The van der Waals surface area contributed by atoms with E-state index in [1.807, 2.05) is 6.07 Å². The second-order valence-corrected chi connectivity index (χ2v) is 6.42. The lowest BCUT2D eigenvalue weighted by Crippen LogP contribution is -2.57. The summed E-state index contributed by atoms with van der Waals surface area (Å²) in [5, 5.41) is 4.08. The molecule has 2 heterocycles. The highest BCUT2D eigenvalue weighted by molar-refractivity contribution is 6.32. The molecule has 4 nitrogen and oxygen atoms in total. The van der Waals surface area contributed by atoms with Crippen molar-refractivity contribution in [1.29, 1.82) is 0 Å². The average Bonchev–Trinajstić information content (AvgIpc) is 2.41. The molecule has 1 saturated heterocycles. The van der Waals surface area contributed by atoms with Crippen molar-refractivity contribution in [3.63, 3.8) is 0 Å². The maximum atomic E-state index is 6.30. The molecular weight excluding hydrogens is 276 g/mol. The first-order valence-corrected chi connectivity index (χ1v) is 7.48. The van der Waals surface area contributed by atoms with Gasteiger partial charge in [-0.15, -0.1) is 0 Å². The van der Waals surface area contributed by atoms with Crippen molar-refractivity contribution >= 4 is 11.6 Å². The topological polar surface area (TPSA) is 33.7 Å². The number of hydrogen-bond donors (Lipinski definition) is 1. The molecule has 0 unspecified atom stereocenters. The minimum absolute atomic E-state index is 0.151. The Morgan fingerprint density at radius 2 is 2.10 bits per heavy atom. The molecule has 0 aromatic heterocycles. The van der Waals surface area contributed by atoms with Crippen LogP contribution in [-0.2, 0) is 6.54 Å². The fraction of sp³-hybridized carbons (Fsp3) is 0.600. The van der Waals surface area contributed by atoms with Gasteiger partial charge in [0, 0.05) is 31.7 Å². The highest BCUT2D eigenvalue weighted by atomic mass is 35.5. The lowest BCUT2D eigenvalue weighted by Gasteiger charge is -2.43. The second kappa shape index (κ2) is 5.43. The highest BCUT2D eigenvalue weighted by Gasteiger charge is 2.29. The maximum absolute atomic E-state index is 6.30. The first-order valence-electron chi connectivity index (χ1n) is 7.10. The molecule has 2 aliphatic rings. The number of piperazine rings is 1. The highest BCUT2D eigenvalue weighted by Crippen LogP contribution is 2.38. The molecule has 0 aliphatic carbocycles. The summed E-state index contributed by atoms with van der Waals surface area (Å²) in [6.07, 6.45) is 0. The Bertz CT molecular complexity index is 505. The zero-order chi connectivity index (χ0) is 14.2. The summed E-state index contributed by atoms with van der Waals surface area (Å²) in [5.41, 5.74) is 1.33. The summed E-state index contributed by atoms with van der Waals surface area (Å²) in [5.74, 6) is 1.45. The van der Waals surface area contributed by atoms with Crippen LogP contribution in [-0.4, -0.2) is 43.3 Å². The molecule has 2 aliphatic heterocycles. The second-order valence-electron chi connectivity index (χ2n) is 6.01. The molecule has 3 rings (SSSR count). The predicted molar refractivity (Wildman–Crippen MR) is 79.8 cm³/mol. The number of ether oxygens (including phenoxy) is 2. The van der Waals surface area contributed by atoms with Crippen molar-refractivity contribution in [2.75, 3.05) is 32.8 Å². The number of fused-ring (bicyclic) bond motifs is 1. The summed E-state index contributed by atoms with van der Waals surface area (Å²) < 4.78 is 11.2. The molecule has 0 amide bonds. The first-order chi connectivity index (χ1) is 9.56. The largest absolute Gasteiger partial charge is 0.486 e. The van der Waals surface area contributed by atoms with Crippen molar-refractivity contribution in [2.45, 2.75) is 25.9 Å². The fourth-order valence-electron chi connectivity index (χ4n) is 2.79. The number of hydrogen-bond acceptors (Lipinski definition) is 4. The third-order valence-corrected chi connectivity index (χ3v) is 4.28. The Hall–Kier alpha value is -0.970. The number of halogens is 1. The Morgan fingerprint density at radius 1 is 1.30 bits per heavy atom. The van der Waals surface area contributed by atoms with E-state index < -0.39 is 0 Å². The van der Waals surface area contributed by atoms with Gasteiger partial charge < -0.3 is 14.8 Å². The quantitative estimate of drug-likeness (QED) is 0.908. The van der Waals surface area contributed by atoms with Crippen LogP contribution < -0.4 is 14.8 Å². The van der Waals surface area contributed by atoms with Crippen LogP contribution in [0.4, 0.5) is 0 Å². The molecule has 0 spiro atoms. The summed E-state index contributed by atoms with van der Waals surface area (Å²) in [6.45, 7) is 9.64. The molecule has 1 aromatic rings. The molecular formula is C15H21ClN2O2. The molecule has 20 heavy (non-hydrogen) atoms. The standard InChI is InChI=1S/C15H21ClN2O2/c1-15(2)10-17-3-4-18(15)9-11-7-12(16)14-13(8-11)19-5-6-20-14/h7-8,17H,3-6,9-10H2,1-2H3. The van der Waals surface area contributed by atoms with Gasteiger partial charge >= 0.3 is 0 Å². The van der Waals surface area contributed by atoms with Crippen molar-refractivity contribution in [2.24, 2.45) is 0 Å². The van der Waals surface area contributed by atoms with E-state index in [9.17, 15) is 0 Å². The Morgan fingerprint density at radius 3 is 2.90 bits per heavy atom. The van der Waals surface area contributed by atoms with Gasteiger partial charge in [-0.05, 0) is 31.5 Å². The number of nitrogens with one attached hydrogen (secondary N) is 1. The van der Waals surface area contributed by atoms with Gasteiger partial charge in [0.05, 0.1) is 5.02 Å². The zero-order valence-corrected chi connectivity index (χ0v) is 12.8. The van der Waals surface area contributed by atoms with Crippen molar-refractivity contribution < 1.29 is 9.47 Å². The Kier molecular flexibility index (Phi) is 3.80. The third-order valence-electron chi connectivity index (χ3n) is 4.00. The number of rotatable bonds is 2.